The number of halogens is 1. The molecule has 0 aromatic heterocycles. The maximum Gasteiger partial charge on any atom is 0.343 e. The summed E-state index contributed by atoms with van der Waals surface area (Å²) in [4.78, 5) is 25.0. The molecule has 0 saturated carbocycles. The summed E-state index contributed by atoms with van der Waals surface area (Å²) in [6.07, 6.45) is 1.69. The van der Waals surface area contributed by atoms with Gasteiger partial charge < -0.3 is 9.47 Å². The lowest BCUT2D eigenvalue weighted by molar-refractivity contribution is 0.0733. The molecule has 0 amide bonds. The van der Waals surface area contributed by atoms with Crippen LogP contribution in [-0.4, -0.2) is 11.8 Å². The summed E-state index contributed by atoms with van der Waals surface area (Å²) >= 11 is 3.41. The van der Waals surface area contributed by atoms with Gasteiger partial charge in [0.2, 0.25) is 5.78 Å². The quantitative estimate of drug-likeness (QED) is 0.306. The zero-order valence-electron chi connectivity index (χ0n) is 14.9. The Bertz CT molecular complexity index is 1130. The lowest BCUT2D eigenvalue weighted by Crippen LogP contribution is -2.10. The smallest absolute Gasteiger partial charge is 0.343 e. The van der Waals surface area contributed by atoms with Crippen LogP contribution in [0.25, 0.3) is 6.08 Å². The zero-order valence-corrected chi connectivity index (χ0v) is 16.5. The molecule has 28 heavy (non-hydrogen) atoms. The molecule has 0 N–H and O–H groups in total. The zero-order chi connectivity index (χ0) is 19.7. The number of allylic oxidation sites excluding steroid dienone is 1. The number of Topliss-reactive ketones (excluding diaryl/α,β-unsaturated/α-hetero) is 1. The van der Waals surface area contributed by atoms with Crippen molar-refractivity contribution in [3.05, 3.63) is 99.2 Å². The number of carbonyl (C=O) groups excluding carboxylic acids is 2. The molecule has 4 nitrogen and oxygen atoms in total. The van der Waals surface area contributed by atoms with E-state index in [2.05, 4.69) is 15.9 Å². The van der Waals surface area contributed by atoms with Crippen LogP contribution < -0.4 is 9.47 Å². The summed E-state index contributed by atoms with van der Waals surface area (Å²) in [5, 5.41) is 0. The summed E-state index contributed by atoms with van der Waals surface area (Å²) in [5.41, 5.74) is 2.61. The van der Waals surface area contributed by atoms with Gasteiger partial charge in [-0.25, -0.2) is 4.79 Å². The van der Waals surface area contributed by atoms with Crippen molar-refractivity contribution in [2.45, 2.75) is 6.92 Å². The highest BCUT2D eigenvalue weighted by Gasteiger charge is 2.28. The number of ketones is 1. The number of carbonyl (C=O) groups is 2. The molecule has 0 fully saturated rings. The van der Waals surface area contributed by atoms with E-state index in [9.17, 15) is 9.59 Å². The predicted molar refractivity (Wildman–Crippen MR) is 110 cm³/mol. The van der Waals surface area contributed by atoms with Crippen molar-refractivity contribution >= 4 is 33.8 Å². The van der Waals surface area contributed by atoms with E-state index in [0.29, 0.717) is 22.6 Å². The van der Waals surface area contributed by atoms with Crippen molar-refractivity contribution in [3.63, 3.8) is 0 Å². The van der Waals surface area contributed by atoms with Crippen LogP contribution in [0.15, 0.2) is 77.0 Å². The van der Waals surface area contributed by atoms with E-state index in [0.717, 1.165) is 15.6 Å². The Labute approximate surface area is 170 Å². The Balaban J connectivity index is 1.57. The van der Waals surface area contributed by atoms with Crippen LogP contribution in [0, 0.1) is 6.92 Å². The predicted octanol–water partition coefficient (Wildman–Crippen LogP) is 5.59. The summed E-state index contributed by atoms with van der Waals surface area (Å²) in [6, 6.07) is 19.5. The van der Waals surface area contributed by atoms with Gasteiger partial charge in [-0.1, -0.05) is 46.3 Å². The fourth-order valence-corrected chi connectivity index (χ4v) is 3.36. The van der Waals surface area contributed by atoms with E-state index in [1.807, 2.05) is 43.3 Å². The number of hydrogen-bond donors (Lipinski definition) is 0. The van der Waals surface area contributed by atoms with E-state index in [1.54, 1.807) is 36.4 Å². The van der Waals surface area contributed by atoms with Gasteiger partial charge in [0.25, 0.3) is 0 Å². The number of ether oxygens (including phenoxy) is 2. The van der Waals surface area contributed by atoms with Gasteiger partial charge in [0.15, 0.2) is 5.76 Å². The number of aryl methyl sites for hydroxylation is 1. The van der Waals surface area contributed by atoms with Crippen molar-refractivity contribution in [1.82, 2.24) is 0 Å². The van der Waals surface area contributed by atoms with Gasteiger partial charge in [-0.05, 0) is 54.5 Å². The lowest BCUT2D eigenvalue weighted by Gasteiger charge is -2.07. The van der Waals surface area contributed by atoms with Crippen molar-refractivity contribution < 1.29 is 19.1 Å². The minimum Gasteiger partial charge on any atom is -0.452 e. The van der Waals surface area contributed by atoms with Gasteiger partial charge in [0, 0.05) is 10.5 Å². The molecule has 138 valence electrons. The molecule has 0 aliphatic carbocycles. The minimum atomic E-state index is -0.452. The molecule has 0 radical (unpaired) electrons. The first kappa shape index (κ1) is 18.2. The highest BCUT2D eigenvalue weighted by Crippen LogP contribution is 2.35. The standard InChI is InChI=1S/C23H15BrO4/c1-14-5-2-3-8-18(14)23(26)27-17-9-10-19-20(13-17)28-21(22(19)25)12-15-6-4-7-16(24)11-15/h2-13H,1H3. The van der Waals surface area contributed by atoms with Gasteiger partial charge in [0.1, 0.15) is 11.5 Å². The molecule has 4 rings (SSSR count). The van der Waals surface area contributed by atoms with Crippen LogP contribution in [0.4, 0.5) is 0 Å². The molecule has 0 unspecified atom stereocenters. The van der Waals surface area contributed by atoms with E-state index in [4.69, 9.17) is 9.47 Å². The fraction of sp³-hybridized carbons (Fsp3) is 0.0435. The second-order valence-electron chi connectivity index (χ2n) is 6.36. The average molecular weight is 435 g/mol. The molecule has 3 aromatic rings. The van der Waals surface area contributed by atoms with Crippen molar-refractivity contribution in [2.24, 2.45) is 0 Å². The Hall–Kier alpha value is -3.18. The number of hydrogen-bond acceptors (Lipinski definition) is 4. The summed E-state index contributed by atoms with van der Waals surface area (Å²) in [6.45, 7) is 1.85. The molecule has 5 heteroatoms. The van der Waals surface area contributed by atoms with E-state index >= 15 is 0 Å². The third-order valence-electron chi connectivity index (χ3n) is 4.36. The molecule has 0 spiro atoms. The number of rotatable bonds is 3. The van der Waals surface area contributed by atoms with Crippen molar-refractivity contribution in [1.29, 1.82) is 0 Å². The first-order valence-electron chi connectivity index (χ1n) is 8.63. The third-order valence-corrected chi connectivity index (χ3v) is 4.86. The summed E-state index contributed by atoms with van der Waals surface area (Å²) < 4.78 is 12.1. The highest BCUT2D eigenvalue weighted by atomic mass is 79.9. The Morgan fingerprint density at radius 3 is 2.64 bits per heavy atom. The van der Waals surface area contributed by atoms with Crippen LogP contribution in [-0.2, 0) is 0 Å². The van der Waals surface area contributed by atoms with Gasteiger partial charge >= 0.3 is 5.97 Å². The number of fused-ring (bicyclic) bond motifs is 1. The first-order chi connectivity index (χ1) is 13.5. The van der Waals surface area contributed by atoms with Crippen molar-refractivity contribution in [2.75, 3.05) is 0 Å². The maximum absolute atomic E-state index is 12.6. The monoisotopic (exact) mass is 434 g/mol. The normalized spacial score (nSPS) is 13.9. The Morgan fingerprint density at radius 2 is 1.86 bits per heavy atom. The fourth-order valence-electron chi connectivity index (χ4n) is 2.94. The SMILES string of the molecule is Cc1ccccc1C(=O)Oc1ccc2c(c1)OC(=Cc1cccc(Br)c1)C2=O. The van der Waals surface area contributed by atoms with Crippen LogP contribution in [0.5, 0.6) is 11.5 Å². The molecular formula is C23H15BrO4. The summed E-state index contributed by atoms with van der Waals surface area (Å²) in [5.74, 6) is 0.277. The molecule has 1 aliphatic heterocycles. The maximum atomic E-state index is 12.6. The van der Waals surface area contributed by atoms with Crippen molar-refractivity contribution in [3.8, 4) is 11.5 Å². The molecule has 1 aliphatic rings. The van der Waals surface area contributed by atoms with Crippen LogP contribution in [0.3, 0.4) is 0 Å². The van der Waals surface area contributed by atoms with Crippen LogP contribution in [0.1, 0.15) is 31.8 Å². The Morgan fingerprint density at radius 1 is 1.04 bits per heavy atom. The Kier molecular flexibility index (Phi) is 4.84. The second kappa shape index (κ2) is 7.44. The van der Waals surface area contributed by atoms with E-state index in [-0.39, 0.29) is 11.5 Å². The molecule has 3 aromatic carbocycles. The third kappa shape index (κ3) is 3.62. The molecule has 1 heterocycles. The average Bonchev–Trinajstić information content (AvgIpc) is 2.97. The minimum absolute atomic E-state index is 0.202. The van der Waals surface area contributed by atoms with E-state index in [1.165, 1.54) is 0 Å². The lowest BCUT2D eigenvalue weighted by atomic mass is 10.1. The van der Waals surface area contributed by atoms with Gasteiger partial charge in [-0.2, -0.15) is 0 Å². The molecule has 0 atom stereocenters. The van der Waals surface area contributed by atoms with Gasteiger partial charge in [-0.15, -0.1) is 0 Å². The summed E-state index contributed by atoms with van der Waals surface area (Å²) in [7, 11) is 0. The molecular weight excluding hydrogens is 420 g/mol. The van der Waals surface area contributed by atoms with E-state index < -0.39 is 5.97 Å². The topological polar surface area (TPSA) is 52.6 Å². The number of benzene rings is 3. The van der Waals surface area contributed by atoms with Crippen LogP contribution >= 0.6 is 15.9 Å². The molecule has 0 bridgehead atoms. The highest BCUT2D eigenvalue weighted by molar-refractivity contribution is 9.10. The second-order valence-corrected chi connectivity index (χ2v) is 7.27. The first-order valence-corrected chi connectivity index (χ1v) is 9.42. The number of esters is 1. The molecule has 0 saturated heterocycles. The van der Waals surface area contributed by atoms with Gasteiger partial charge in [-0.3, -0.25) is 4.79 Å². The van der Waals surface area contributed by atoms with Crippen LogP contribution in [0.2, 0.25) is 0 Å². The largest absolute Gasteiger partial charge is 0.452 e. The van der Waals surface area contributed by atoms with Gasteiger partial charge in [0.05, 0.1) is 11.1 Å².